The van der Waals surface area contributed by atoms with Gasteiger partial charge in [0.15, 0.2) is 0 Å². The fourth-order valence-corrected chi connectivity index (χ4v) is 3.99. The van der Waals surface area contributed by atoms with Crippen molar-refractivity contribution in [3.05, 3.63) is 29.8 Å². The summed E-state index contributed by atoms with van der Waals surface area (Å²) in [6, 6.07) is 8.07. The van der Waals surface area contributed by atoms with Crippen molar-refractivity contribution in [2.75, 3.05) is 40.0 Å². The van der Waals surface area contributed by atoms with Gasteiger partial charge in [-0.05, 0) is 50.8 Å². The number of piperidine rings is 1. The van der Waals surface area contributed by atoms with Gasteiger partial charge in [-0.3, -0.25) is 9.59 Å². The van der Waals surface area contributed by atoms with E-state index >= 15 is 0 Å². The molecule has 3 rings (SSSR count). The zero-order valence-electron chi connectivity index (χ0n) is 16.6. The van der Waals surface area contributed by atoms with E-state index in [1.165, 1.54) is 0 Å². The van der Waals surface area contributed by atoms with Crippen LogP contribution in [0.3, 0.4) is 0 Å². The highest BCUT2D eigenvalue weighted by Crippen LogP contribution is 2.22. The number of benzene rings is 1. The highest BCUT2D eigenvalue weighted by molar-refractivity contribution is 6.35. The maximum atomic E-state index is 12.1. The van der Waals surface area contributed by atoms with Crippen molar-refractivity contribution in [1.29, 1.82) is 0 Å². The molecule has 2 saturated heterocycles. The van der Waals surface area contributed by atoms with Gasteiger partial charge in [-0.15, -0.1) is 0 Å². The highest BCUT2D eigenvalue weighted by Gasteiger charge is 2.27. The summed E-state index contributed by atoms with van der Waals surface area (Å²) in [6.07, 6.45) is 4.35. The minimum atomic E-state index is -0.606. The standard InChI is InChI=1S/C21H31N3O4/c1-27-19-5-3-2-4-17(19)15-23-21(26)20(25)22-14-16-6-10-24(11-7-16)18-8-12-28-13-9-18/h2-5,16,18H,6-15H2,1H3,(H,22,25)(H,23,26). The number of amides is 2. The van der Waals surface area contributed by atoms with Gasteiger partial charge in [0.1, 0.15) is 5.75 Å². The van der Waals surface area contributed by atoms with E-state index in [2.05, 4.69) is 15.5 Å². The van der Waals surface area contributed by atoms with Gasteiger partial charge in [-0.25, -0.2) is 0 Å². The number of nitrogens with zero attached hydrogens (tertiary/aromatic N) is 1. The average Bonchev–Trinajstić information content (AvgIpc) is 2.77. The summed E-state index contributed by atoms with van der Waals surface area (Å²) in [4.78, 5) is 26.7. The number of para-hydroxylation sites is 1. The van der Waals surface area contributed by atoms with Crippen LogP contribution < -0.4 is 15.4 Å². The van der Waals surface area contributed by atoms with Crippen molar-refractivity contribution in [3.8, 4) is 5.75 Å². The molecule has 0 saturated carbocycles. The Morgan fingerprint density at radius 2 is 1.75 bits per heavy atom. The first-order chi connectivity index (χ1) is 13.7. The molecule has 0 spiro atoms. The normalized spacial score (nSPS) is 19.2. The van der Waals surface area contributed by atoms with Gasteiger partial charge in [-0.2, -0.15) is 0 Å². The summed E-state index contributed by atoms with van der Waals surface area (Å²) in [5, 5.41) is 5.45. The Kier molecular flexibility index (Phi) is 7.68. The molecule has 2 aliphatic rings. The number of hydrogen-bond donors (Lipinski definition) is 2. The van der Waals surface area contributed by atoms with Gasteiger partial charge >= 0.3 is 11.8 Å². The molecule has 2 aliphatic heterocycles. The minimum Gasteiger partial charge on any atom is -0.496 e. The number of carbonyl (C=O) groups is 2. The van der Waals surface area contributed by atoms with Gasteiger partial charge in [0.25, 0.3) is 0 Å². The molecule has 28 heavy (non-hydrogen) atoms. The van der Waals surface area contributed by atoms with E-state index in [9.17, 15) is 9.59 Å². The van der Waals surface area contributed by atoms with E-state index in [0.717, 1.165) is 57.6 Å². The fourth-order valence-electron chi connectivity index (χ4n) is 3.99. The van der Waals surface area contributed by atoms with Crippen molar-refractivity contribution in [2.24, 2.45) is 5.92 Å². The first-order valence-electron chi connectivity index (χ1n) is 10.2. The van der Waals surface area contributed by atoms with Crippen molar-refractivity contribution >= 4 is 11.8 Å². The first-order valence-corrected chi connectivity index (χ1v) is 10.2. The van der Waals surface area contributed by atoms with Crippen molar-refractivity contribution in [2.45, 2.75) is 38.3 Å². The van der Waals surface area contributed by atoms with Crippen LogP contribution in [0.5, 0.6) is 5.75 Å². The van der Waals surface area contributed by atoms with E-state index in [1.807, 2.05) is 24.3 Å². The highest BCUT2D eigenvalue weighted by atomic mass is 16.5. The van der Waals surface area contributed by atoms with Crippen LogP contribution in [0.2, 0.25) is 0 Å². The van der Waals surface area contributed by atoms with Crippen molar-refractivity contribution < 1.29 is 19.1 Å². The van der Waals surface area contributed by atoms with Crippen molar-refractivity contribution in [3.63, 3.8) is 0 Å². The molecule has 2 N–H and O–H groups in total. The zero-order chi connectivity index (χ0) is 19.8. The number of rotatable bonds is 6. The van der Waals surface area contributed by atoms with Crippen LogP contribution in [-0.2, 0) is 20.9 Å². The van der Waals surface area contributed by atoms with Gasteiger partial charge in [0.2, 0.25) is 0 Å². The largest absolute Gasteiger partial charge is 0.496 e. The third-order valence-electron chi connectivity index (χ3n) is 5.75. The Balaban J connectivity index is 1.35. The second-order valence-electron chi connectivity index (χ2n) is 7.53. The van der Waals surface area contributed by atoms with Gasteiger partial charge in [-0.1, -0.05) is 18.2 Å². The number of ether oxygens (including phenoxy) is 2. The van der Waals surface area contributed by atoms with Crippen LogP contribution in [0.4, 0.5) is 0 Å². The molecule has 0 radical (unpaired) electrons. The molecular formula is C21H31N3O4. The molecule has 0 aliphatic carbocycles. The Morgan fingerprint density at radius 1 is 1.07 bits per heavy atom. The summed E-state index contributed by atoms with van der Waals surface area (Å²) in [5.41, 5.74) is 0.839. The van der Waals surface area contributed by atoms with E-state index < -0.39 is 11.8 Å². The molecule has 0 aromatic heterocycles. The van der Waals surface area contributed by atoms with E-state index in [4.69, 9.17) is 9.47 Å². The van der Waals surface area contributed by atoms with Crippen LogP contribution in [0.25, 0.3) is 0 Å². The third kappa shape index (κ3) is 5.69. The quantitative estimate of drug-likeness (QED) is 0.718. The van der Waals surface area contributed by atoms with Crippen LogP contribution in [-0.4, -0.2) is 62.7 Å². The monoisotopic (exact) mass is 389 g/mol. The smallest absolute Gasteiger partial charge is 0.309 e. The van der Waals surface area contributed by atoms with Crippen LogP contribution >= 0.6 is 0 Å². The molecule has 2 fully saturated rings. The predicted molar refractivity (Wildman–Crippen MR) is 106 cm³/mol. The van der Waals surface area contributed by atoms with E-state index in [0.29, 0.717) is 24.3 Å². The second kappa shape index (κ2) is 10.4. The molecule has 7 heteroatoms. The summed E-state index contributed by atoms with van der Waals surface area (Å²) < 4.78 is 10.7. The Labute approximate surface area is 166 Å². The van der Waals surface area contributed by atoms with Gasteiger partial charge in [0, 0.05) is 37.9 Å². The minimum absolute atomic E-state index is 0.264. The lowest BCUT2D eigenvalue weighted by atomic mass is 9.94. The Bertz CT molecular complexity index is 653. The molecule has 1 aromatic carbocycles. The lowest BCUT2D eigenvalue weighted by molar-refractivity contribution is -0.139. The number of nitrogens with one attached hydrogen (secondary N) is 2. The molecule has 0 unspecified atom stereocenters. The zero-order valence-corrected chi connectivity index (χ0v) is 16.6. The first kappa shape index (κ1) is 20.6. The summed E-state index contributed by atoms with van der Waals surface area (Å²) >= 11 is 0. The van der Waals surface area contributed by atoms with E-state index in [1.54, 1.807) is 7.11 Å². The summed E-state index contributed by atoms with van der Waals surface area (Å²) in [7, 11) is 1.58. The maximum Gasteiger partial charge on any atom is 0.309 e. The number of hydrogen-bond acceptors (Lipinski definition) is 5. The third-order valence-corrected chi connectivity index (χ3v) is 5.75. The topological polar surface area (TPSA) is 79.9 Å². The molecule has 0 atom stereocenters. The second-order valence-corrected chi connectivity index (χ2v) is 7.53. The summed E-state index contributed by atoms with van der Waals surface area (Å²) in [6.45, 7) is 4.67. The fraction of sp³-hybridized carbons (Fsp3) is 0.619. The lowest BCUT2D eigenvalue weighted by Crippen LogP contribution is -2.47. The van der Waals surface area contributed by atoms with Gasteiger partial charge in [0.05, 0.1) is 7.11 Å². The maximum absolute atomic E-state index is 12.1. The van der Waals surface area contributed by atoms with E-state index in [-0.39, 0.29) is 6.54 Å². The molecule has 7 nitrogen and oxygen atoms in total. The SMILES string of the molecule is COc1ccccc1CNC(=O)C(=O)NCC1CCN(C2CCOCC2)CC1. The molecule has 1 aromatic rings. The average molecular weight is 389 g/mol. The molecule has 0 bridgehead atoms. The predicted octanol–water partition coefficient (Wildman–Crippen LogP) is 1.32. The summed E-state index contributed by atoms with van der Waals surface area (Å²) in [5.74, 6) is -0.0474. The van der Waals surface area contributed by atoms with Crippen LogP contribution in [0.1, 0.15) is 31.2 Å². The Morgan fingerprint density at radius 3 is 2.46 bits per heavy atom. The molecular weight excluding hydrogens is 358 g/mol. The van der Waals surface area contributed by atoms with Crippen LogP contribution in [0, 0.1) is 5.92 Å². The Hall–Kier alpha value is -2.12. The number of methoxy groups -OCH3 is 1. The van der Waals surface area contributed by atoms with Crippen molar-refractivity contribution in [1.82, 2.24) is 15.5 Å². The van der Waals surface area contributed by atoms with Crippen LogP contribution in [0.15, 0.2) is 24.3 Å². The lowest BCUT2D eigenvalue weighted by Gasteiger charge is -2.39. The molecule has 154 valence electrons. The van der Waals surface area contributed by atoms with Gasteiger partial charge < -0.3 is 25.0 Å². The number of likely N-dealkylation sites (tertiary alicyclic amines) is 1. The number of carbonyl (C=O) groups excluding carboxylic acids is 2. The molecule has 2 heterocycles. The molecule has 2 amide bonds.